The maximum atomic E-state index is 8.22. The molecule has 1 heterocycles. The molecule has 8 heavy (non-hydrogen) atoms. The summed E-state index contributed by atoms with van der Waals surface area (Å²) >= 11 is 1.33. The molecule has 3 nitrogen and oxygen atoms in total. The summed E-state index contributed by atoms with van der Waals surface area (Å²) in [7, 11) is 0. The van der Waals surface area contributed by atoms with E-state index in [1.807, 2.05) is 6.07 Å². The van der Waals surface area contributed by atoms with Crippen molar-refractivity contribution in [2.45, 2.75) is 0 Å². The Morgan fingerprint density at radius 2 is 2.62 bits per heavy atom. The van der Waals surface area contributed by atoms with Crippen LogP contribution in [0.15, 0.2) is 5.38 Å². The molecule has 0 atom stereocenters. The summed E-state index contributed by atoms with van der Waals surface area (Å²) in [6.45, 7) is 0. The summed E-state index contributed by atoms with van der Waals surface area (Å²) in [6, 6.07) is 1.92. The van der Waals surface area contributed by atoms with Crippen LogP contribution >= 0.6 is 11.3 Å². The first-order valence-electron chi connectivity index (χ1n) is 1.99. The first-order valence-corrected chi connectivity index (χ1v) is 2.87. The van der Waals surface area contributed by atoms with E-state index in [1.54, 1.807) is 5.38 Å². The Hall–Kier alpha value is -1.08. The molecule has 4 heteroatoms. The summed E-state index contributed by atoms with van der Waals surface area (Å²) in [5.74, 6) is 0. The molecule has 0 aromatic carbocycles. The van der Waals surface area contributed by atoms with Gasteiger partial charge in [-0.15, -0.1) is 0 Å². The minimum absolute atomic E-state index is 0.521. The van der Waals surface area contributed by atoms with E-state index in [9.17, 15) is 0 Å². The Kier molecular flexibility index (Phi) is 1.14. The van der Waals surface area contributed by atoms with Gasteiger partial charge in [-0.2, -0.15) is 5.26 Å². The van der Waals surface area contributed by atoms with Crippen LogP contribution in [0.5, 0.6) is 0 Å². The molecule has 1 aromatic rings. The Bertz CT molecular complexity index is 221. The molecular formula is C4H4N3S+. The van der Waals surface area contributed by atoms with Crippen LogP contribution < -0.4 is 10.7 Å². The standard InChI is InChI=1S/C4H3N3S/c5-1-3-2-8-4(6)7-3/h2H,(H2,6,7)/p+1. The van der Waals surface area contributed by atoms with Crippen LogP contribution in [-0.4, -0.2) is 0 Å². The fourth-order valence-electron chi connectivity index (χ4n) is 0.368. The number of hydrogen-bond donors (Lipinski definition) is 1. The number of nitrogens with two attached hydrogens (primary N) is 1. The summed E-state index contributed by atoms with van der Waals surface area (Å²) in [6.07, 6.45) is 0. The molecule has 0 aliphatic rings. The van der Waals surface area contributed by atoms with Crippen molar-refractivity contribution < 1.29 is 4.98 Å². The quantitative estimate of drug-likeness (QED) is 0.532. The van der Waals surface area contributed by atoms with Gasteiger partial charge in [0.1, 0.15) is 6.07 Å². The van der Waals surface area contributed by atoms with Crippen LogP contribution in [0, 0.1) is 11.3 Å². The minimum atomic E-state index is 0.521. The number of thiazole rings is 1. The predicted molar refractivity (Wildman–Crippen MR) is 30.0 cm³/mol. The molecule has 0 radical (unpaired) electrons. The normalized spacial score (nSPS) is 8.38. The van der Waals surface area contributed by atoms with E-state index in [0.29, 0.717) is 10.8 Å². The maximum absolute atomic E-state index is 8.22. The zero-order valence-corrected chi connectivity index (χ0v) is 4.83. The van der Waals surface area contributed by atoms with E-state index in [2.05, 4.69) is 4.98 Å². The number of H-pyrrole nitrogens is 1. The number of anilines is 1. The molecule has 0 aliphatic heterocycles. The predicted octanol–water partition coefficient (Wildman–Crippen LogP) is 0.0161. The summed E-state index contributed by atoms with van der Waals surface area (Å²) in [5.41, 5.74) is 5.79. The first-order chi connectivity index (χ1) is 3.83. The van der Waals surface area contributed by atoms with Gasteiger partial charge in [0.25, 0.3) is 0 Å². The molecule has 0 amide bonds. The van der Waals surface area contributed by atoms with Crippen molar-refractivity contribution in [3.05, 3.63) is 11.1 Å². The van der Waals surface area contributed by atoms with Crippen molar-refractivity contribution in [1.29, 1.82) is 5.26 Å². The number of nitriles is 1. The number of rotatable bonds is 0. The lowest BCUT2D eigenvalue weighted by Gasteiger charge is -1.63. The molecular weight excluding hydrogens is 122 g/mol. The number of nitrogens with one attached hydrogen (secondary N) is 1. The van der Waals surface area contributed by atoms with Crippen molar-refractivity contribution in [2.24, 2.45) is 0 Å². The van der Waals surface area contributed by atoms with Crippen LogP contribution in [0.3, 0.4) is 0 Å². The molecule has 0 aliphatic carbocycles. The fraction of sp³-hybridized carbons (Fsp3) is 0. The van der Waals surface area contributed by atoms with Crippen LogP contribution in [0.2, 0.25) is 0 Å². The molecule has 0 bridgehead atoms. The number of aromatic nitrogens is 1. The molecule has 3 N–H and O–H groups in total. The number of hydrogen-bond acceptors (Lipinski definition) is 3. The minimum Gasteiger partial charge on any atom is -0.278 e. The highest BCUT2D eigenvalue weighted by molar-refractivity contribution is 7.13. The Balaban J connectivity index is 3.05. The van der Waals surface area contributed by atoms with Gasteiger partial charge in [0.2, 0.25) is 5.69 Å². The third kappa shape index (κ3) is 0.768. The van der Waals surface area contributed by atoms with E-state index in [1.165, 1.54) is 11.3 Å². The third-order valence-corrected chi connectivity index (χ3v) is 1.39. The van der Waals surface area contributed by atoms with Gasteiger partial charge in [0, 0.05) is 0 Å². The maximum Gasteiger partial charge on any atom is 0.330 e. The molecule has 40 valence electrons. The van der Waals surface area contributed by atoms with Gasteiger partial charge in [0.05, 0.1) is 5.38 Å². The van der Waals surface area contributed by atoms with E-state index >= 15 is 0 Å². The summed E-state index contributed by atoms with van der Waals surface area (Å²) in [5, 5.41) is 10.5. The lowest BCUT2D eigenvalue weighted by Crippen LogP contribution is -2.06. The van der Waals surface area contributed by atoms with E-state index < -0.39 is 0 Å². The van der Waals surface area contributed by atoms with E-state index in [0.717, 1.165) is 0 Å². The zero-order chi connectivity index (χ0) is 5.98. The topological polar surface area (TPSA) is 64.0 Å². The lowest BCUT2D eigenvalue weighted by atomic mass is 10.6. The second-order valence-corrected chi connectivity index (χ2v) is 2.16. The zero-order valence-electron chi connectivity index (χ0n) is 4.01. The molecule has 0 spiro atoms. The van der Waals surface area contributed by atoms with E-state index in [-0.39, 0.29) is 0 Å². The second-order valence-electron chi connectivity index (χ2n) is 1.25. The van der Waals surface area contributed by atoms with Crippen molar-refractivity contribution in [1.82, 2.24) is 0 Å². The first kappa shape index (κ1) is 5.06. The third-order valence-electron chi connectivity index (χ3n) is 0.682. The molecule has 0 saturated heterocycles. The van der Waals surface area contributed by atoms with Crippen LogP contribution in [0.25, 0.3) is 0 Å². The molecule has 1 rings (SSSR count). The summed E-state index contributed by atoms with van der Waals surface area (Å²) < 4.78 is 0. The Morgan fingerprint density at radius 3 is 2.88 bits per heavy atom. The molecule has 0 fully saturated rings. The molecule has 0 unspecified atom stereocenters. The van der Waals surface area contributed by atoms with Crippen molar-refractivity contribution >= 4 is 16.5 Å². The number of aromatic amines is 1. The van der Waals surface area contributed by atoms with Crippen molar-refractivity contribution in [3.8, 4) is 6.07 Å². The highest BCUT2D eigenvalue weighted by Gasteiger charge is 1.98. The molecule has 1 aromatic heterocycles. The Morgan fingerprint density at radius 1 is 1.88 bits per heavy atom. The SMILES string of the molecule is N#Cc1csc(N)[nH+]1. The molecule has 0 saturated carbocycles. The van der Waals surface area contributed by atoms with Crippen LogP contribution in [-0.2, 0) is 0 Å². The van der Waals surface area contributed by atoms with Gasteiger partial charge in [-0.1, -0.05) is 11.3 Å². The summed E-state index contributed by atoms with van der Waals surface area (Å²) in [4.78, 5) is 2.66. The largest absolute Gasteiger partial charge is 0.330 e. The van der Waals surface area contributed by atoms with Gasteiger partial charge in [0.15, 0.2) is 0 Å². The lowest BCUT2D eigenvalue weighted by molar-refractivity contribution is -0.358. The average Bonchev–Trinajstić information content (AvgIpc) is 2.14. The Labute approximate surface area is 50.4 Å². The number of nitrogens with zero attached hydrogens (tertiary/aromatic N) is 1. The van der Waals surface area contributed by atoms with Gasteiger partial charge in [-0.3, -0.25) is 5.73 Å². The smallest absolute Gasteiger partial charge is 0.278 e. The monoisotopic (exact) mass is 126 g/mol. The van der Waals surface area contributed by atoms with Crippen LogP contribution in [0.4, 0.5) is 5.13 Å². The number of nitrogen functional groups attached to an aromatic ring is 1. The van der Waals surface area contributed by atoms with Gasteiger partial charge >= 0.3 is 5.13 Å². The van der Waals surface area contributed by atoms with Gasteiger partial charge in [-0.25, -0.2) is 4.98 Å². The second kappa shape index (κ2) is 1.80. The van der Waals surface area contributed by atoms with Gasteiger partial charge < -0.3 is 0 Å². The highest BCUT2D eigenvalue weighted by Crippen LogP contribution is 2.02. The fourth-order valence-corrected chi connectivity index (χ4v) is 0.894. The average molecular weight is 126 g/mol. The highest BCUT2D eigenvalue weighted by atomic mass is 32.1. The van der Waals surface area contributed by atoms with E-state index in [4.69, 9.17) is 11.0 Å². The van der Waals surface area contributed by atoms with Crippen molar-refractivity contribution in [3.63, 3.8) is 0 Å². The van der Waals surface area contributed by atoms with Crippen LogP contribution in [0.1, 0.15) is 5.69 Å². The van der Waals surface area contributed by atoms with Gasteiger partial charge in [-0.05, 0) is 0 Å². The van der Waals surface area contributed by atoms with Crippen molar-refractivity contribution in [2.75, 3.05) is 5.73 Å².